The number of H-pyrrole nitrogens is 2. The van der Waals surface area contributed by atoms with E-state index >= 15 is 0 Å². The number of nitrogens with zero attached hydrogens (tertiary/aromatic N) is 1. The van der Waals surface area contributed by atoms with Crippen molar-refractivity contribution >= 4 is 22.6 Å². The average molecular weight is 286 g/mol. The van der Waals surface area contributed by atoms with E-state index in [1.165, 1.54) is 24.3 Å². The lowest BCUT2D eigenvalue weighted by molar-refractivity contribution is -0.115. The summed E-state index contributed by atoms with van der Waals surface area (Å²) in [6, 6.07) is 7.03. The molecule has 0 radical (unpaired) electrons. The molecule has 0 aliphatic rings. The number of benzene rings is 1. The highest BCUT2D eigenvalue weighted by atomic mass is 19.1. The van der Waals surface area contributed by atoms with E-state index in [2.05, 4.69) is 20.5 Å². The van der Waals surface area contributed by atoms with Crippen LogP contribution in [0.5, 0.6) is 0 Å². The number of carbonyl (C=O) groups excluding carboxylic acids is 1. The van der Waals surface area contributed by atoms with Gasteiger partial charge in [-0.15, -0.1) is 0 Å². The molecule has 2 heterocycles. The Kier molecular flexibility index (Phi) is 3.23. The van der Waals surface area contributed by atoms with Crippen LogP contribution in [0.3, 0.4) is 0 Å². The average Bonchev–Trinajstić information content (AvgIpc) is 2.84. The summed E-state index contributed by atoms with van der Waals surface area (Å²) in [5.41, 5.74) is 1.10. The lowest BCUT2D eigenvalue weighted by atomic mass is 10.1. The Bertz CT molecular complexity index is 848. The maximum Gasteiger partial charge on any atom is 0.264 e. The van der Waals surface area contributed by atoms with Gasteiger partial charge in [0.1, 0.15) is 5.82 Å². The molecule has 0 saturated heterocycles. The largest absolute Gasteiger partial charge is 0.361 e. The number of aromatic nitrogens is 3. The van der Waals surface area contributed by atoms with E-state index in [-0.39, 0.29) is 29.5 Å². The molecule has 0 aliphatic carbocycles. The van der Waals surface area contributed by atoms with Crippen molar-refractivity contribution in [2.45, 2.75) is 6.42 Å². The summed E-state index contributed by atoms with van der Waals surface area (Å²) in [7, 11) is 0. The van der Waals surface area contributed by atoms with Crippen molar-refractivity contribution in [1.29, 1.82) is 0 Å². The highest BCUT2D eigenvalue weighted by Gasteiger charge is 2.10. The van der Waals surface area contributed by atoms with E-state index in [1.54, 1.807) is 12.3 Å². The molecule has 0 bridgehead atoms. The number of fused-ring (bicyclic) bond motifs is 1. The van der Waals surface area contributed by atoms with Gasteiger partial charge in [-0.2, -0.15) is 5.10 Å². The molecule has 21 heavy (non-hydrogen) atoms. The normalized spacial score (nSPS) is 10.7. The smallest absolute Gasteiger partial charge is 0.264 e. The zero-order valence-electron chi connectivity index (χ0n) is 10.8. The van der Waals surface area contributed by atoms with E-state index in [1.807, 2.05) is 0 Å². The monoisotopic (exact) mass is 286 g/mol. The van der Waals surface area contributed by atoms with Crippen molar-refractivity contribution in [1.82, 2.24) is 15.2 Å². The van der Waals surface area contributed by atoms with Crippen LogP contribution in [0.15, 0.2) is 41.3 Å². The minimum Gasteiger partial charge on any atom is -0.361 e. The van der Waals surface area contributed by atoms with Crippen LogP contribution >= 0.6 is 0 Å². The van der Waals surface area contributed by atoms with Gasteiger partial charge in [0.2, 0.25) is 5.91 Å². The first kappa shape index (κ1) is 13.0. The second kappa shape index (κ2) is 5.20. The Morgan fingerprint density at radius 1 is 1.29 bits per heavy atom. The summed E-state index contributed by atoms with van der Waals surface area (Å²) in [5.74, 6) is -0.406. The Balaban J connectivity index is 1.78. The number of nitrogens with one attached hydrogen (secondary N) is 3. The van der Waals surface area contributed by atoms with Gasteiger partial charge in [0.25, 0.3) is 5.56 Å². The summed E-state index contributed by atoms with van der Waals surface area (Å²) in [6.45, 7) is 0. The lowest BCUT2D eigenvalue weighted by Crippen LogP contribution is -2.17. The molecule has 1 amide bonds. The van der Waals surface area contributed by atoms with Crippen molar-refractivity contribution < 1.29 is 9.18 Å². The number of carbonyl (C=O) groups is 1. The molecular formula is C14H11FN4O2. The van der Waals surface area contributed by atoms with Crippen molar-refractivity contribution in [3.8, 4) is 0 Å². The third kappa shape index (κ3) is 2.81. The second-order valence-corrected chi connectivity index (χ2v) is 4.54. The zero-order valence-corrected chi connectivity index (χ0v) is 10.8. The van der Waals surface area contributed by atoms with Gasteiger partial charge < -0.3 is 10.3 Å². The maximum absolute atomic E-state index is 13.3. The van der Waals surface area contributed by atoms with Crippen molar-refractivity contribution in [2.24, 2.45) is 0 Å². The molecule has 1 aromatic carbocycles. The van der Waals surface area contributed by atoms with Crippen LogP contribution in [0.1, 0.15) is 5.56 Å². The van der Waals surface area contributed by atoms with Gasteiger partial charge in [-0.25, -0.2) is 9.49 Å². The Labute approximate surface area is 118 Å². The number of anilines is 1. The molecule has 3 aromatic rings. The van der Waals surface area contributed by atoms with Crippen LogP contribution < -0.4 is 10.9 Å². The molecule has 3 rings (SSSR count). The molecule has 0 saturated carbocycles. The molecule has 0 spiro atoms. The minimum absolute atomic E-state index is 0.0737. The van der Waals surface area contributed by atoms with E-state index in [9.17, 15) is 14.0 Å². The van der Waals surface area contributed by atoms with Crippen molar-refractivity contribution in [2.75, 3.05) is 5.32 Å². The SMILES string of the molecule is O=C(Cc1c[nH]c2ccc(F)cc12)Nc1ccc(=O)[nH]n1. The Morgan fingerprint density at radius 3 is 2.90 bits per heavy atom. The number of hydrogen-bond acceptors (Lipinski definition) is 3. The van der Waals surface area contributed by atoms with Gasteiger partial charge in [0.15, 0.2) is 5.82 Å². The predicted octanol–water partition coefficient (Wildman–Crippen LogP) is 1.57. The Morgan fingerprint density at radius 2 is 2.14 bits per heavy atom. The molecule has 2 aromatic heterocycles. The van der Waals surface area contributed by atoms with Crippen LogP contribution in [0, 0.1) is 5.82 Å². The first-order valence-electron chi connectivity index (χ1n) is 6.23. The van der Waals surface area contributed by atoms with Crippen molar-refractivity contribution in [3.05, 3.63) is 58.3 Å². The van der Waals surface area contributed by atoms with Crippen LogP contribution in [0.4, 0.5) is 10.2 Å². The number of hydrogen-bond donors (Lipinski definition) is 3. The standard InChI is InChI=1S/C14H11FN4O2/c15-9-1-2-11-10(6-9)8(7-16-11)5-14(21)17-12-3-4-13(20)19-18-12/h1-4,6-7,16H,5H2,(H,19,20)(H,17,18,21). The van der Waals surface area contributed by atoms with Gasteiger partial charge in [-0.05, 0) is 29.8 Å². The fraction of sp³-hybridized carbons (Fsp3) is 0.0714. The second-order valence-electron chi connectivity index (χ2n) is 4.54. The van der Waals surface area contributed by atoms with Crippen LogP contribution in [0.25, 0.3) is 10.9 Å². The van der Waals surface area contributed by atoms with E-state index in [4.69, 9.17) is 0 Å². The molecule has 106 valence electrons. The van der Waals surface area contributed by atoms with Gasteiger partial charge in [-0.3, -0.25) is 9.59 Å². The predicted molar refractivity (Wildman–Crippen MR) is 75.4 cm³/mol. The summed E-state index contributed by atoms with van der Waals surface area (Å²) in [5, 5.41) is 9.14. The number of rotatable bonds is 3. The molecule has 0 fully saturated rings. The summed E-state index contributed by atoms with van der Waals surface area (Å²) in [4.78, 5) is 25.8. The van der Waals surface area contributed by atoms with E-state index < -0.39 is 0 Å². The fourth-order valence-electron chi connectivity index (χ4n) is 2.07. The molecule has 6 nitrogen and oxygen atoms in total. The van der Waals surface area contributed by atoms with Crippen LogP contribution in [0.2, 0.25) is 0 Å². The molecule has 7 heteroatoms. The van der Waals surface area contributed by atoms with Gasteiger partial charge >= 0.3 is 0 Å². The van der Waals surface area contributed by atoms with Gasteiger partial charge in [0.05, 0.1) is 6.42 Å². The number of aromatic amines is 2. The summed E-state index contributed by atoms with van der Waals surface area (Å²) >= 11 is 0. The first-order valence-corrected chi connectivity index (χ1v) is 6.23. The first-order chi connectivity index (χ1) is 10.1. The van der Waals surface area contributed by atoms with Gasteiger partial charge in [-0.1, -0.05) is 0 Å². The topological polar surface area (TPSA) is 90.6 Å². The highest BCUT2D eigenvalue weighted by molar-refractivity contribution is 5.95. The number of amides is 1. The molecule has 0 atom stereocenters. The van der Waals surface area contributed by atoms with Crippen LogP contribution in [-0.4, -0.2) is 21.1 Å². The van der Waals surface area contributed by atoms with Crippen LogP contribution in [-0.2, 0) is 11.2 Å². The molecular weight excluding hydrogens is 275 g/mol. The Hall–Kier alpha value is -2.96. The molecule has 3 N–H and O–H groups in total. The minimum atomic E-state index is -0.356. The lowest BCUT2D eigenvalue weighted by Gasteiger charge is -2.03. The highest BCUT2D eigenvalue weighted by Crippen LogP contribution is 2.20. The fourth-order valence-corrected chi connectivity index (χ4v) is 2.07. The third-order valence-electron chi connectivity index (χ3n) is 3.03. The summed E-state index contributed by atoms with van der Waals surface area (Å²) in [6.07, 6.45) is 1.74. The third-order valence-corrected chi connectivity index (χ3v) is 3.03. The number of halogens is 1. The quantitative estimate of drug-likeness (QED) is 0.682. The van der Waals surface area contributed by atoms with E-state index in [0.717, 1.165) is 5.52 Å². The molecule has 0 aliphatic heterocycles. The van der Waals surface area contributed by atoms with Gasteiger partial charge in [0, 0.05) is 23.2 Å². The van der Waals surface area contributed by atoms with E-state index in [0.29, 0.717) is 10.9 Å². The maximum atomic E-state index is 13.3. The summed E-state index contributed by atoms with van der Waals surface area (Å²) < 4.78 is 13.3. The molecule has 0 unspecified atom stereocenters. The zero-order chi connectivity index (χ0) is 14.8. The van der Waals surface area contributed by atoms with Crippen molar-refractivity contribution in [3.63, 3.8) is 0 Å².